The van der Waals surface area contributed by atoms with Crippen LogP contribution in [0.4, 0.5) is 17.1 Å². The molecule has 4 heteroatoms. The van der Waals surface area contributed by atoms with E-state index in [4.69, 9.17) is 0 Å². The summed E-state index contributed by atoms with van der Waals surface area (Å²) in [5, 5.41) is 10.4. The lowest BCUT2D eigenvalue weighted by molar-refractivity contribution is 1.29. The second kappa shape index (κ2) is 10.5. The van der Waals surface area contributed by atoms with E-state index in [1.165, 1.54) is 61.9 Å². The second-order valence-electron chi connectivity index (χ2n) is 12.0. The summed E-state index contributed by atoms with van der Waals surface area (Å²) in [5.41, 5.74) is 5.48. The number of hydrogen-bond acceptors (Lipinski definition) is 4. The van der Waals surface area contributed by atoms with Gasteiger partial charge in [0.15, 0.2) is 0 Å². The van der Waals surface area contributed by atoms with E-state index < -0.39 is 0 Å². The van der Waals surface area contributed by atoms with Crippen molar-refractivity contribution in [3.63, 3.8) is 0 Å². The molecule has 0 aliphatic carbocycles. The van der Waals surface area contributed by atoms with E-state index in [9.17, 15) is 0 Å². The molecule has 0 aliphatic rings. The van der Waals surface area contributed by atoms with Gasteiger partial charge in [0.05, 0.1) is 5.69 Å². The Labute approximate surface area is 279 Å². The van der Waals surface area contributed by atoms with Crippen molar-refractivity contribution >= 4 is 102 Å². The van der Waals surface area contributed by atoms with Gasteiger partial charge in [-0.05, 0) is 70.1 Å². The third-order valence-corrected chi connectivity index (χ3v) is 11.7. The van der Waals surface area contributed by atoms with Crippen molar-refractivity contribution in [1.82, 2.24) is 4.98 Å². The van der Waals surface area contributed by atoms with Crippen LogP contribution in [0.1, 0.15) is 0 Å². The van der Waals surface area contributed by atoms with Gasteiger partial charge in [-0.2, -0.15) is 0 Å². The monoisotopic (exact) mass is 634 g/mol. The van der Waals surface area contributed by atoms with Crippen molar-refractivity contribution in [2.75, 3.05) is 4.90 Å². The third-order valence-electron chi connectivity index (χ3n) is 9.30. The largest absolute Gasteiger partial charge is 0.310 e. The molecule has 0 bridgehead atoms. The SMILES string of the molecule is c1ccc(-c2ccc(N(c3ccc4c(c3)sc3c5ccccc5ccc43)c3ccc4c(c3)sc3c5ccccc5ccc43)cc2)nc1. The number of pyridine rings is 1. The van der Waals surface area contributed by atoms with Crippen molar-refractivity contribution in [1.29, 1.82) is 0 Å². The quantitative estimate of drug-likeness (QED) is 0.191. The number of thiophene rings is 2. The van der Waals surface area contributed by atoms with Crippen LogP contribution in [0.3, 0.4) is 0 Å². The number of anilines is 3. The molecule has 3 aromatic heterocycles. The number of rotatable bonds is 4. The molecule has 0 atom stereocenters. The summed E-state index contributed by atoms with van der Waals surface area (Å²) < 4.78 is 5.28. The van der Waals surface area contributed by atoms with E-state index in [2.05, 4.69) is 149 Å². The summed E-state index contributed by atoms with van der Waals surface area (Å²) in [7, 11) is 0. The molecule has 0 unspecified atom stereocenters. The molecule has 10 rings (SSSR count). The molecule has 220 valence electrons. The highest BCUT2D eigenvalue weighted by molar-refractivity contribution is 7.27. The first-order valence-corrected chi connectivity index (χ1v) is 17.4. The molecular formula is C43H26N2S2. The Morgan fingerprint density at radius 3 is 1.47 bits per heavy atom. The molecule has 0 saturated carbocycles. The maximum atomic E-state index is 4.58. The summed E-state index contributed by atoms with van der Waals surface area (Å²) in [4.78, 5) is 6.98. The zero-order valence-corrected chi connectivity index (χ0v) is 26.9. The Bertz CT molecular complexity index is 2640. The Balaban J connectivity index is 1.17. The van der Waals surface area contributed by atoms with E-state index in [1.807, 2.05) is 41.0 Å². The van der Waals surface area contributed by atoms with Crippen LogP contribution in [0.2, 0.25) is 0 Å². The molecule has 10 aromatic rings. The van der Waals surface area contributed by atoms with Crippen LogP contribution in [-0.4, -0.2) is 4.98 Å². The molecule has 0 spiro atoms. The molecule has 0 saturated heterocycles. The van der Waals surface area contributed by atoms with E-state index in [1.54, 1.807) is 0 Å². The smallest absolute Gasteiger partial charge is 0.0701 e. The molecule has 3 heterocycles. The number of aromatic nitrogens is 1. The van der Waals surface area contributed by atoms with E-state index >= 15 is 0 Å². The summed E-state index contributed by atoms with van der Waals surface area (Å²) in [6.07, 6.45) is 1.85. The Hall–Kier alpha value is -5.55. The van der Waals surface area contributed by atoms with Gasteiger partial charge < -0.3 is 4.90 Å². The lowest BCUT2D eigenvalue weighted by atomic mass is 10.0. The predicted octanol–water partition coefficient (Wildman–Crippen LogP) is 13.3. The Kier molecular flexibility index (Phi) is 5.95. The van der Waals surface area contributed by atoms with Gasteiger partial charge in [0, 0.05) is 69.2 Å². The number of nitrogens with zero attached hydrogens (tertiary/aromatic N) is 2. The summed E-state index contributed by atoms with van der Waals surface area (Å²) in [6, 6.07) is 55.2. The van der Waals surface area contributed by atoms with Gasteiger partial charge in [0.25, 0.3) is 0 Å². The van der Waals surface area contributed by atoms with Crippen molar-refractivity contribution in [3.05, 3.63) is 158 Å². The van der Waals surface area contributed by atoms with E-state index in [0.717, 1.165) is 28.3 Å². The molecular weight excluding hydrogens is 609 g/mol. The molecule has 2 nitrogen and oxygen atoms in total. The Morgan fingerprint density at radius 2 is 0.915 bits per heavy atom. The lowest BCUT2D eigenvalue weighted by Gasteiger charge is -2.26. The first-order chi connectivity index (χ1) is 23.3. The fourth-order valence-corrected chi connectivity index (χ4v) is 9.57. The van der Waals surface area contributed by atoms with Crippen LogP contribution < -0.4 is 4.90 Å². The van der Waals surface area contributed by atoms with Crippen molar-refractivity contribution in [2.45, 2.75) is 0 Å². The normalized spacial score (nSPS) is 11.8. The zero-order valence-electron chi connectivity index (χ0n) is 25.2. The minimum Gasteiger partial charge on any atom is -0.310 e. The minimum atomic E-state index is 0.975. The van der Waals surface area contributed by atoms with Gasteiger partial charge in [0.1, 0.15) is 0 Å². The maximum absolute atomic E-state index is 4.58. The van der Waals surface area contributed by atoms with E-state index in [-0.39, 0.29) is 0 Å². The topological polar surface area (TPSA) is 16.1 Å². The molecule has 0 aliphatic heterocycles. The van der Waals surface area contributed by atoms with Gasteiger partial charge in [-0.3, -0.25) is 4.98 Å². The molecule has 47 heavy (non-hydrogen) atoms. The first kappa shape index (κ1) is 26.6. The van der Waals surface area contributed by atoms with Crippen LogP contribution in [0, 0.1) is 0 Å². The van der Waals surface area contributed by atoms with Crippen LogP contribution in [0.25, 0.3) is 73.1 Å². The van der Waals surface area contributed by atoms with Crippen LogP contribution in [0.15, 0.2) is 158 Å². The van der Waals surface area contributed by atoms with Gasteiger partial charge >= 0.3 is 0 Å². The second-order valence-corrected chi connectivity index (χ2v) is 14.1. The van der Waals surface area contributed by atoms with E-state index in [0.29, 0.717) is 0 Å². The number of fused-ring (bicyclic) bond motifs is 10. The maximum Gasteiger partial charge on any atom is 0.0701 e. The fourth-order valence-electron chi connectivity index (χ4n) is 7.03. The first-order valence-electron chi connectivity index (χ1n) is 15.8. The molecule has 0 N–H and O–H groups in total. The average molecular weight is 635 g/mol. The third kappa shape index (κ3) is 4.26. The minimum absolute atomic E-state index is 0.975. The fraction of sp³-hybridized carbons (Fsp3) is 0. The van der Waals surface area contributed by atoms with Crippen molar-refractivity contribution < 1.29 is 0 Å². The molecule has 0 radical (unpaired) electrons. The predicted molar refractivity (Wildman–Crippen MR) is 205 cm³/mol. The van der Waals surface area contributed by atoms with Gasteiger partial charge in [-0.15, -0.1) is 22.7 Å². The number of hydrogen-bond donors (Lipinski definition) is 0. The summed E-state index contributed by atoms with van der Waals surface area (Å²) in [6.45, 7) is 0. The highest BCUT2D eigenvalue weighted by Gasteiger charge is 2.18. The molecule has 0 fully saturated rings. The standard InChI is InChI=1S/C43H26N2S2/c1-3-9-33-27(7-1)14-20-37-35-22-18-31(25-40(35)46-42(33)37)45(30-16-12-29(13-17-30)39-11-5-6-24-44-39)32-19-23-36-38-21-15-28-8-2-4-10-34(28)43(38)47-41(36)26-32/h1-26H. The summed E-state index contributed by atoms with van der Waals surface area (Å²) in [5.74, 6) is 0. The van der Waals surface area contributed by atoms with Gasteiger partial charge in [-0.1, -0.05) is 103 Å². The highest BCUT2D eigenvalue weighted by Crippen LogP contribution is 2.45. The van der Waals surface area contributed by atoms with Crippen LogP contribution >= 0.6 is 22.7 Å². The summed E-state index contributed by atoms with van der Waals surface area (Å²) >= 11 is 3.77. The average Bonchev–Trinajstić information content (AvgIpc) is 3.71. The van der Waals surface area contributed by atoms with Crippen LogP contribution in [-0.2, 0) is 0 Å². The van der Waals surface area contributed by atoms with Gasteiger partial charge in [0.2, 0.25) is 0 Å². The van der Waals surface area contributed by atoms with Gasteiger partial charge in [-0.25, -0.2) is 0 Å². The lowest BCUT2D eigenvalue weighted by Crippen LogP contribution is -2.09. The van der Waals surface area contributed by atoms with Crippen molar-refractivity contribution in [3.8, 4) is 11.3 Å². The molecule has 0 amide bonds. The Morgan fingerprint density at radius 1 is 0.404 bits per heavy atom. The molecule has 7 aromatic carbocycles. The zero-order chi connectivity index (χ0) is 30.9. The van der Waals surface area contributed by atoms with Crippen molar-refractivity contribution in [2.24, 2.45) is 0 Å². The number of benzene rings is 7. The highest BCUT2D eigenvalue weighted by atomic mass is 32.1. The van der Waals surface area contributed by atoms with Crippen LogP contribution in [0.5, 0.6) is 0 Å².